The van der Waals surface area contributed by atoms with Gasteiger partial charge in [0.2, 0.25) is 5.88 Å². The monoisotopic (exact) mass is 242 g/mol. The molecule has 0 N–H and O–H groups in total. The molecule has 7 heteroatoms. The lowest BCUT2D eigenvalue weighted by Gasteiger charge is -2.03. The van der Waals surface area contributed by atoms with Crippen molar-refractivity contribution in [1.82, 2.24) is 9.78 Å². The Morgan fingerprint density at radius 3 is 2.76 bits per heavy atom. The predicted molar refractivity (Wildman–Crippen MR) is 56.7 cm³/mol. The molecular weight excluding hydrogens is 228 g/mol. The maximum Gasteiger partial charge on any atom is 0.345 e. The van der Waals surface area contributed by atoms with Crippen molar-refractivity contribution in [3.05, 3.63) is 11.8 Å². The molecule has 0 aliphatic rings. The van der Waals surface area contributed by atoms with E-state index in [-0.39, 0.29) is 24.7 Å². The van der Waals surface area contributed by atoms with Gasteiger partial charge in [-0.2, -0.15) is 0 Å². The third-order valence-electron chi connectivity index (χ3n) is 1.84. The van der Waals surface area contributed by atoms with Crippen LogP contribution in [-0.4, -0.2) is 42.0 Å². The van der Waals surface area contributed by atoms with Crippen molar-refractivity contribution < 1.29 is 23.8 Å². The second-order valence-electron chi connectivity index (χ2n) is 3.11. The molecule has 0 fully saturated rings. The standard InChI is InChI=1S/C10H14N2O5/c1-4-16-10(14)7-5-12(2)11-9(7)17-6-8(13)15-3/h5H,4,6H2,1-3H3. The van der Waals surface area contributed by atoms with Crippen molar-refractivity contribution in [3.8, 4) is 5.88 Å². The van der Waals surface area contributed by atoms with Gasteiger partial charge in [-0.15, -0.1) is 5.10 Å². The van der Waals surface area contributed by atoms with Crippen molar-refractivity contribution in [2.75, 3.05) is 20.3 Å². The smallest absolute Gasteiger partial charge is 0.345 e. The van der Waals surface area contributed by atoms with E-state index in [9.17, 15) is 9.59 Å². The summed E-state index contributed by atoms with van der Waals surface area (Å²) >= 11 is 0. The molecule has 0 spiro atoms. The van der Waals surface area contributed by atoms with Gasteiger partial charge in [-0.05, 0) is 6.92 Å². The number of rotatable bonds is 5. The molecule has 0 amide bonds. The van der Waals surface area contributed by atoms with Crippen LogP contribution in [0.1, 0.15) is 17.3 Å². The lowest BCUT2D eigenvalue weighted by Crippen LogP contribution is -2.14. The minimum Gasteiger partial charge on any atom is -0.466 e. The van der Waals surface area contributed by atoms with Gasteiger partial charge in [-0.25, -0.2) is 9.59 Å². The third-order valence-corrected chi connectivity index (χ3v) is 1.84. The van der Waals surface area contributed by atoms with Gasteiger partial charge in [0.15, 0.2) is 6.61 Å². The zero-order valence-electron chi connectivity index (χ0n) is 9.93. The fourth-order valence-electron chi connectivity index (χ4n) is 1.11. The van der Waals surface area contributed by atoms with Crippen molar-refractivity contribution >= 4 is 11.9 Å². The van der Waals surface area contributed by atoms with E-state index in [2.05, 4.69) is 9.84 Å². The van der Waals surface area contributed by atoms with E-state index < -0.39 is 11.9 Å². The first kappa shape index (κ1) is 13.0. The Bertz CT molecular complexity index is 413. The van der Waals surface area contributed by atoms with Crippen molar-refractivity contribution in [3.63, 3.8) is 0 Å². The van der Waals surface area contributed by atoms with E-state index in [1.807, 2.05) is 0 Å². The highest BCUT2D eigenvalue weighted by molar-refractivity contribution is 5.91. The van der Waals surface area contributed by atoms with Gasteiger partial charge in [0.05, 0.1) is 13.7 Å². The normalized spacial score (nSPS) is 9.82. The van der Waals surface area contributed by atoms with Gasteiger partial charge in [-0.3, -0.25) is 4.68 Å². The molecule has 0 aliphatic carbocycles. The molecule has 0 aromatic carbocycles. The van der Waals surface area contributed by atoms with Gasteiger partial charge >= 0.3 is 11.9 Å². The molecule has 0 unspecified atom stereocenters. The second kappa shape index (κ2) is 5.88. The summed E-state index contributed by atoms with van der Waals surface area (Å²) in [4.78, 5) is 22.4. The topological polar surface area (TPSA) is 79.7 Å². The molecular formula is C10H14N2O5. The van der Waals surface area contributed by atoms with Crippen molar-refractivity contribution in [2.24, 2.45) is 7.05 Å². The van der Waals surface area contributed by atoms with Crippen LogP contribution >= 0.6 is 0 Å². The molecule has 7 nitrogen and oxygen atoms in total. The second-order valence-corrected chi connectivity index (χ2v) is 3.11. The average molecular weight is 242 g/mol. The summed E-state index contributed by atoms with van der Waals surface area (Å²) < 4.78 is 15.7. The SMILES string of the molecule is CCOC(=O)c1cn(C)nc1OCC(=O)OC. The Labute approximate surface area is 98.3 Å². The van der Waals surface area contributed by atoms with E-state index >= 15 is 0 Å². The molecule has 1 heterocycles. The molecule has 0 radical (unpaired) electrons. The number of aryl methyl sites for hydroxylation is 1. The molecule has 0 saturated carbocycles. The van der Waals surface area contributed by atoms with Crippen LogP contribution in [0.25, 0.3) is 0 Å². The Balaban J connectivity index is 2.77. The predicted octanol–water partition coefficient (Wildman–Crippen LogP) is 0.149. The van der Waals surface area contributed by atoms with E-state index in [1.165, 1.54) is 18.0 Å². The molecule has 0 saturated heterocycles. The summed E-state index contributed by atoms with van der Waals surface area (Å²) in [6.07, 6.45) is 1.46. The first-order valence-electron chi connectivity index (χ1n) is 4.98. The summed E-state index contributed by atoms with van der Waals surface area (Å²) in [5, 5.41) is 3.91. The largest absolute Gasteiger partial charge is 0.466 e. The van der Waals surface area contributed by atoms with Crippen LogP contribution in [0, 0.1) is 0 Å². The van der Waals surface area contributed by atoms with Crippen LogP contribution in [0.2, 0.25) is 0 Å². The minimum absolute atomic E-state index is 0.0522. The van der Waals surface area contributed by atoms with Crippen molar-refractivity contribution in [1.29, 1.82) is 0 Å². The van der Waals surface area contributed by atoms with E-state index in [1.54, 1.807) is 14.0 Å². The number of esters is 2. The van der Waals surface area contributed by atoms with Crippen LogP contribution in [0.4, 0.5) is 0 Å². The minimum atomic E-state index is -0.550. The average Bonchev–Trinajstić information content (AvgIpc) is 2.67. The Hall–Kier alpha value is -2.05. The van der Waals surface area contributed by atoms with Crippen LogP contribution in [0.3, 0.4) is 0 Å². The number of hydrogen-bond donors (Lipinski definition) is 0. The van der Waals surface area contributed by atoms with Gasteiger partial charge in [-0.1, -0.05) is 0 Å². The van der Waals surface area contributed by atoms with Gasteiger partial charge in [0.25, 0.3) is 0 Å². The lowest BCUT2D eigenvalue weighted by molar-refractivity contribution is -0.143. The first-order valence-corrected chi connectivity index (χ1v) is 4.98. The Morgan fingerprint density at radius 1 is 1.47 bits per heavy atom. The van der Waals surface area contributed by atoms with Crippen LogP contribution in [-0.2, 0) is 21.3 Å². The number of nitrogens with zero attached hydrogens (tertiary/aromatic N) is 2. The quantitative estimate of drug-likeness (QED) is 0.684. The fraction of sp³-hybridized carbons (Fsp3) is 0.500. The van der Waals surface area contributed by atoms with Crippen LogP contribution < -0.4 is 4.74 Å². The summed E-state index contributed by atoms with van der Waals surface area (Å²) in [5.41, 5.74) is 0.179. The molecule has 1 rings (SSSR count). The molecule has 1 aromatic rings. The maximum absolute atomic E-state index is 11.5. The van der Waals surface area contributed by atoms with Gasteiger partial charge in [0, 0.05) is 13.2 Å². The first-order chi connectivity index (χ1) is 8.08. The van der Waals surface area contributed by atoms with E-state index in [0.717, 1.165) is 0 Å². The molecule has 94 valence electrons. The molecule has 17 heavy (non-hydrogen) atoms. The van der Waals surface area contributed by atoms with Crippen LogP contribution in [0.15, 0.2) is 6.20 Å². The Morgan fingerprint density at radius 2 is 2.18 bits per heavy atom. The molecule has 1 aromatic heterocycles. The number of ether oxygens (including phenoxy) is 3. The highest BCUT2D eigenvalue weighted by Gasteiger charge is 2.19. The number of hydrogen-bond acceptors (Lipinski definition) is 6. The summed E-state index contributed by atoms with van der Waals surface area (Å²) in [5.74, 6) is -1.04. The highest BCUT2D eigenvalue weighted by Crippen LogP contribution is 2.16. The number of aromatic nitrogens is 2. The van der Waals surface area contributed by atoms with Gasteiger partial charge in [0.1, 0.15) is 5.56 Å². The molecule has 0 bridgehead atoms. The maximum atomic E-state index is 11.5. The number of carbonyl (C=O) groups excluding carboxylic acids is 2. The third kappa shape index (κ3) is 3.47. The zero-order chi connectivity index (χ0) is 12.8. The highest BCUT2D eigenvalue weighted by atomic mass is 16.6. The summed E-state index contributed by atoms with van der Waals surface area (Å²) in [6, 6.07) is 0. The van der Waals surface area contributed by atoms with Gasteiger partial charge < -0.3 is 14.2 Å². The summed E-state index contributed by atoms with van der Waals surface area (Å²) in [7, 11) is 2.88. The molecule has 0 atom stereocenters. The molecule has 0 aliphatic heterocycles. The summed E-state index contributed by atoms with van der Waals surface area (Å²) in [6.45, 7) is 1.65. The Kier molecular flexibility index (Phi) is 4.50. The van der Waals surface area contributed by atoms with E-state index in [4.69, 9.17) is 9.47 Å². The van der Waals surface area contributed by atoms with Crippen LogP contribution in [0.5, 0.6) is 5.88 Å². The number of carbonyl (C=O) groups is 2. The zero-order valence-corrected chi connectivity index (χ0v) is 9.93. The van der Waals surface area contributed by atoms with E-state index in [0.29, 0.717) is 0 Å². The lowest BCUT2D eigenvalue weighted by atomic mass is 10.3. The fourth-order valence-corrected chi connectivity index (χ4v) is 1.11. The number of methoxy groups -OCH3 is 1. The van der Waals surface area contributed by atoms with Crippen molar-refractivity contribution in [2.45, 2.75) is 6.92 Å².